The number of hydrogen-bond donors (Lipinski definition) is 0. The van der Waals surface area contributed by atoms with Gasteiger partial charge in [-0.25, -0.2) is 0 Å². The van der Waals surface area contributed by atoms with Crippen molar-refractivity contribution in [3.05, 3.63) is 35.5 Å². The molecule has 16 heavy (non-hydrogen) atoms. The Kier molecular flexibility index (Phi) is 3.30. The van der Waals surface area contributed by atoms with Gasteiger partial charge in [0.15, 0.2) is 5.75 Å². The van der Waals surface area contributed by atoms with Crippen LogP contribution in [0.2, 0.25) is 5.02 Å². The Labute approximate surface area is 100 Å². The molecule has 0 N–H and O–H groups in total. The van der Waals surface area contributed by atoms with Crippen LogP contribution in [0.1, 0.15) is 20.3 Å². The van der Waals surface area contributed by atoms with Gasteiger partial charge in [0.1, 0.15) is 5.52 Å². The van der Waals surface area contributed by atoms with Crippen molar-refractivity contribution >= 4 is 22.5 Å². The third-order valence-electron chi connectivity index (χ3n) is 2.57. The van der Waals surface area contributed by atoms with Crippen molar-refractivity contribution in [3.63, 3.8) is 0 Å². The van der Waals surface area contributed by atoms with Crippen LogP contribution in [0.5, 0.6) is 5.75 Å². The van der Waals surface area contributed by atoms with Gasteiger partial charge in [0, 0.05) is 11.6 Å². The molecule has 0 aliphatic heterocycles. The maximum absolute atomic E-state index is 6.14. The van der Waals surface area contributed by atoms with Crippen LogP contribution in [0.15, 0.2) is 30.5 Å². The van der Waals surface area contributed by atoms with Crippen LogP contribution in [0, 0.1) is 0 Å². The van der Waals surface area contributed by atoms with E-state index in [1.54, 1.807) is 6.20 Å². The quantitative estimate of drug-likeness (QED) is 0.800. The van der Waals surface area contributed by atoms with E-state index < -0.39 is 0 Å². The highest BCUT2D eigenvalue weighted by molar-refractivity contribution is 6.33. The summed E-state index contributed by atoms with van der Waals surface area (Å²) in [6.07, 6.45) is 2.84. The molecule has 0 fully saturated rings. The summed E-state index contributed by atoms with van der Waals surface area (Å²) in [6.45, 7) is 4.11. The van der Waals surface area contributed by atoms with Gasteiger partial charge in [-0.15, -0.1) is 0 Å². The highest BCUT2D eigenvalue weighted by atomic mass is 35.5. The average molecular weight is 236 g/mol. The second kappa shape index (κ2) is 4.71. The second-order valence-corrected chi connectivity index (χ2v) is 4.20. The third-order valence-corrected chi connectivity index (χ3v) is 2.87. The van der Waals surface area contributed by atoms with E-state index in [0.717, 1.165) is 17.3 Å². The van der Waals surface area contributed by atoms with E-state index in [1.807, 2.05) is 31.2 Å². The molecule has 1 aromatic carbocycles. The Morgan fingerprint density at radius 2 is 2.19 bits per heavy atom. The molecule has 1 unspecified atom stereocenters. The molecule has 0 amide bonds. The minimum atomic E-state index is 0.144. The first-order valence-electron chi connectivity index (χ1n) is 5.42. The van der Waals surface area contributed by atoms with Crippen molar-refractivity contribution in [2.24, 2.45) is 0 Å². The van der Waals surface area contributed by atoms with Gasteiger partial charge in [0.25, 0.3) is 0 Å². The van der Waals surface area contributed by atoms with Crippen molar-refractivity contribution < 1.29 is 4.74 Å². The van der Waals surface area contributed by atoms with Crippen LogP contribution in [0.4, 0.5) is 0 Å². The first kappa shape index (κ1) is 11.2. The molecule has 0 radical (unpaired) electrons. The van der Waals surface area contributed by atoms with Gasteiger partial charge in [-0.1, -0.05) is 30.7 Å². The maximum atomic E-state index is 6.14. The Morgan fingerprint density at radius 1 is 1.38 bits per heavy atom. The molecule has 2 rings (SSSR count). The summed E-state index contributed by atoms with van der Waals surface area (Å²) in [5.74, 6) is 0.689. The Hall–Kier alpha value is -1.28. The third kappa shape index (κ3) is 2.12. The van der Waals surface area contributed by atoms with E-state index in [0.29, 0.717) is 10.8 Å². The molecule has 1 aromatic heterocycles. The van der Waals surface area contributed by atoms with Crippen molar-refractivity contribution in [2.45, 2.75) is 26.4 Å². The second-order valence-electron chi connectivity index (χ2n) is 3.79. The number of halogens is 1. The SMILES string of the molecule is CCC(C)Oc1c(Cl)ccc2cccnc12. The van der Waals surface area contributed by atoms with E-state index in [-0.39, 0.29) is 6.10 Å². The topological polar surface area (TPSA) is 22.1 Å². The molecule has 0 aliphatic carbocycles. The van der Waals surface area contributed by atoms with Gasteiger partial charge in [-0.2, -0.15) is 0 Å². The summed E-state index contributed by atoms with van der Waals surface area (Å²) in [5, 5.41) is 1.66. The summed E-state index contributed by atoms with van der Waals surface area (Å²) in [7, 11) is 0. The number of rotatable bonds is 3. The molecule has 0 spiro atoms. The van der Waals surface area contributed by atoms with Gasteiger partial charge in [0.05, 0.1) is 11.1 Å². The Bertz CT molecular complexity index is 498. The average Bonchev–Trinajstić information content (AvgIpc) is 2.32. The van der Waals surface area contributed by atoms with Crippen LogP contribution in [-0.4, -0.2) is 11.1 Å². The highest BCUT2D eigenvalue weighted by Gasteiger charge is 2.11. The number of aromatic nitrogens is 1. The summed E-state index contributed by atoms with van der Waals surface area (Å²) < 4.78 is 5.81. The van der Waals surface area contributed by atoms with E-state index in [1.165, 1.54) is 0 Å². The lowest BCUT2D eigenvalue weighted by molar-refractivity contribution is 0.220. The fourth-order valence-electron chi connectivity index (χ4n) is 1.49. The Morgan fingerprint density at radius 3 is 2.94 bits per heavy atom. The van der Waals surface area contributed by atoms with E-state index in [9.17, 15) is 0 Å². The number of hydrogen-bond acceptors (Lipinski definition) is 2. The van der Waals surface area contributed by atoms with Crippen LogP contribution in [-0.2, 0) is 0 Å². The number of ether oxygens (including phenoxy) is 1. The Balaban J connectivity index is 2.52. The minimum Gasteiger partial charge on any atom is -0.487 e. The van der Waals surface area contributed by atoms with Crippen molar-refractivity contribution in [3.8, 4) is 5.75 Å². The van der Waals surface area contributed by atoms with Crippen molar-refractivity contribution in [1.82, 2.24) is 4.98 Å². The lowest BCUT2D eigenvalue weighted by Gasteiger charge is -2.15. The zero-order chi connectivity index (χ0) is 11.5. The van der Waals surface area contributed by atoms with Crippen LogP contribution >= 0.6 is 11.6 Å². The fraction of sp³-hybridized carbons (Fsp3) is 0.308. The van der Waals surface area contributed by atoms with Crippen LogP contribution in [0.3, 0.4) is 0 Å². The van der Waals surface area contributed by atoms with Crippen LogP contribution < -0.4 is 4.74 Å². The molecule has 84 valence electrons. The van der Waals surface area contributed by atoms with E-state index in [4.69, 9.17) is 16.3 Å². The highest BCUT2D eigenvalue weighted by Crippen LogP contribution is 2.32. The zero-order valence-corrected chi connectivity index (χ0v) is 10.2. The molecule has 0 saturated carbocycles. The normalized spacial score (nSPS) is 12.7. The predicted molar refractivity (Wildman–Crippen MR) is 67.1 cm³/mol. The maximum Gasteiger partial charge on any atom is 0.164 e. The van der Waals surface area contributed by atoms with Gasteiger partial charge < -0.3 is 4.74 Å². The number of fused-ring (bicyclic) bond motifs is 1. The van der Waals surface area contributed by atoms with Gasteiger partial charge in [0.2, 0.25) is 0 Å². The molecule has 1 heterocycles. The molecule has 0 bridgehead atoms. The molecule has 2 nitrogen and oxygen atoms in total. The van der Waals surface area contributed by atoms with Crippen molar-refractivity contribution in [2.75, 3.05) is 0 Å². The molecular formula is C13H14ClNO. The lowest BCUT2D eigenvalue weighted by atomic mass is 10.2. The van der Waals surface area contributed by atoms with Crippen LogP contribution in [0.25, 0.3) is 10.9 Å². The molecule has 0 aliphatic rings. The van der Waals surface area contributed by atoms with Gasteiger partial charge in [-0.3, -0.25) is 4.98 Å². The monoisotopic (exact) mass is 235 g/mol. The van der Waals surface area contributed by atoms with Gasteiger partial charge >= 0.3 is 0 Å². The first-order chi connectivity index (χ1) is 7.72. The summed E-state index contributed by atoms with van der Waals surface area (Å²) in [5.41, 5.74) is 0.829. The van der Waals surface area contributed by atoms with E-state index in [2.05, 4.69) is 11.9 Å². The number of nitrogens with zero attached hydrogens (tertiary/aromatic N) is 1. The van der Waals surface area contributed by atoms with Gasteiger partial charge in [-0.05, 0) is 25.5 Å². The molecule has 3 heteroatoms. The van der Waals surface area contributed by atoms with E-state index >= 15 is 0 Å². The molecule has 2 aromatic rings. The summed E-state index contributed by atoms with van der Waals surface area (Å²) >= 11 is 6.14. The summed E-state index contributed by atoms with van der Waals surface area (Å²) in [6, 6.07) is 7.71. The summed E-state index contributed by atoms with van der Waals surface area (Å²) in [4.78, 5) is 4.32. The number of benzene rings is 1. The standard InChI is InChI=1S/C13H14ClNO/c1-3-9(2)16-13-11(14)7-6-10-5-4-8-15-12(10)13/h4-9H,3H2,1-2H3. The molecule has 0 saturated heterocycles. The molecular weight excluding hydrogens is 222 g/mol. The zero-order valence-electron chi connectivity index (χ0n) is 9.40. The lowest BCUT2D eigenvalue weighted by Crippen LogP contribution is -2.10. The number of pyridine rings is 1. The molecule has 1 atom stereocenters. The predicted octanol–water partition coefficient (Wildman–Crippen LogP) is 4.07. The fourth-order valence-corrected chi connectivity index (χ4v) is 1.69. The van der Waals surface area contributed by atoms with Crippen molar-refractivity contribution in [1.29, 1.82) is 0 Å². The minimum absolute atomic E-state index is 0.144. The largest absolute Gasteiger partial charge is 0.487 e. The smallest absolute Gasteiger partial charge is 0.164 e. The first-order valence-corrected chi connectivity index (χ1v) is 5.80.